The first-order valence-electron chi connectivity index (χ1n) is 9.68. The number of rotatable bonds is 2. The van der Waals surface area contributed by atoms with Crippen LogP contribution in [0.3, 0.4) is 0 Å². The van der Waals surface area contributed by atoms with Crippen LogP contribution < -0.4 is 5.32 Å². The molecule has 0 amide bonds. The molecule has 1 aliphatic carbocycles. The SMILES string of the molecule is C/C=C1/CN2CC[C@@]34c5ccccc5N[C@@]23[C@H](O)C[C@@H]1C4(CO)C(=O)OC. The lowest BCUT2D eigenvalue weighted by Gasteiger charge is -2.59. The largest absolute Gasteiger partial charge is 0.468 e. The number of anilines is 1. The van der Waals surface area contributed by atoms with E-state index in [-0.39, 0.29) is 18.5 Å². The Morgan fingerprint density at radius 1 is 1.44 bits per heavy atom. The predicted octanol–water partition coefficient (Wildman–Crippen LogP) is 1.24. The molecule has 3 saturated heterocycles. The van der Waals surface area contributed by atoms with Gasteiger partial charge in [0.05, 0.1) is 25.2 Å². The summed E-state index contributed by atoms with van der Waals surface area (Å²) >= 11 is 0. The highest BCUT2D eigenvalue weighted by Gasteiger charge is 2.82. The van der Waals surface area contributed by atoms with Gasteiger partial charge in [0.15, 0.2) is 0 Å². The van der Waals surface area contributed by atoms with Gasteiger partial charge in [0.25, 0.3) is 0 Å². The summed E-state index contributed by atoms with van der Waals surface area (Å²) in [6, 6.07) is 7.97. The van der Waals surface area contributed by atoms with Gasteiger partial charge < -0.3 is 20.3 Å². The minimum absolute atomic E-state index is 0.263. The Bertz CT molecular complexity index is 854. The van der Waals surface area contributed by atoms with Crippen molar-refractivity contribution in [3.63, 3.8) is 0 Å². The molecule has 4 heterocycles. The van der Waals surface area contributed by atoms with Crippen molar-refractivity contribution in [3.8, 4) is 0 Å². The lowest BCUT2D eigenvalue weighted by atomic mass is 9.45. The van der Waals surface area contributed by atoms with Gasteiger partial charge in [-0.15, -0.1) is 0 Å². The maximum absolute atomic E-state index is 13.4. The molecule has 4 fully saturated rings. The fraction of sp³-hybridized carbons (Fsp3) is 0.571. The molecule has 6 rings (SSSR count). The number of benzene rings is 1. The Labute approximate surface area is 158 Å². The second-order valence-corrected chi connectivity index (χ2v) is 8.30. The molecule has 6 nitrogen and oxygen atoms in total. The Balaban J connectivity index is 1.93. The van der Waals surface area contributed by atoms with Crippen molar-refractivity contribution in [2.75, 3.05) is 32.1 Å². The van der Waals surface area contributed by atoms with E-state index in [1.165, 1.54) is 7.11 Å². The van der Waals surface area contributed by atoms with Crippen LogP contribution in [-0.4, -0.2) is 59.7 Å². The van der Waals surface area contributed by atoms with Gasteiger partial charge in [-0.25, -0.2) is 0 Å². The molecule has 6 atom stereocenters. The van der Waals surface area contributed by atoms with Crippen molar-refractivity contribution >= 4 is 11.7 Å². The van der Waals surface area contributed by atoms with E-state index >= 15 is 0 Å². The first kappa shape index (κ1) is 17.2. The molecular formula is C21H26N2O4. The van der Waals surface area contributed by atoms with E-state index in [0.29, 0.717) is 19.4 Å². The predicted molar refractivity (Wildman–Crippen MR) is 100 cm³/mol. The third-order valence-corrected chi connectivity index (χ3v) is 7.91. The summed E-state index contributed by atoms with van der Waals surface area (Å²) in [6.07, 6.45) is 2.51. The smallest absolute Gasteiger partial charge is 0.315 e. The number of nitrogens with zero attached hydrogens (tertiary/aromatic N) is 1. The molecule has 6 heteroatoms. The fourth-order valence-electron chi connectivity index (χ4n) is 7.01. The molecule has 1 spiro atoms. The number of carbonyl (C=O) groups is 1. The van der Waals surface area contributed by atoms with E-state index in [2.05, 4.69) is 10.2 Å². The second-order valence-electron chi connectivity index (χ2n) is 8.30. The molecule has 5 aliphatic rings. The van der Waals surface area contributed by atoms with E-state index in [0.717, 1.165) is 23.4 Å². The Hall–Kier alpha value is -1.89. The van der Waals surface area contributed by atoms with Crippen LogP contribution in [0.25, 0.3) is 0 Å². The highest BCUT2D eigenvalue weighted by atomic mass is 16.5. The summed E-state index contributed by atoms with van der Waals surface area (Å²) in [5.41, 5.74) is 0.354. The fourth-order valence-corrected chi connectivity index (χ4v) is 7.01. The molecule has 0 radical (unpaired) electrons. The molecule has 144 valence electrons. The molecule has 3 N–H and O–H groups in total. The first-order chi connectivity index (χ1) is 13.0. The number of para-hydroxylation sites is 1. The summed E-state index contributed by atoms with van der Waals surface area (Å²) in [5, 5.41) is 25.9. The molecule has 27 heavy (non-hydrogen) atoms. The van der Waals surface area contributed by atoms with Gasteiger partial charge in [-0.1, -0.05) is 29.8 Å². The minimum Gasteiger partial charge on any atom is -0.468 e. The van der Waals surface area contributed by atoms with E-state index in [4.69, 9.17) is 4.74 Å². The molecule has 1 aromatic rings. The van der Waals surface area contributed by atoms with Gasteiger partial charge in [0.1, 0.15) is 11.1 Å². The number of esters is 1. The zero-order valence-corrected chi connectivity index (χ0v) is 15.7. The minimum atomic E-state index is -1.13. The van der Waals surface area contributed by atoms with Gasteiger partial charge in [-0.3, -0.25) is 9.69 Å². The summed E-state index contributed by atoms with van der Waals surface area (Å²) in [4.78, 5) is 15.7. The van der Waals surface area contributed by atoms with Crippen LogP contribution in [-0.2, 0) is 14.9 Å². The monoisotopic (exact) mass is 370 g/mol. The number of methoxy groups -OCH3 is 1. The first-order valence-corrected chi connectivity index (χ1v) is 9.68. The lowest BCUT2D eigenvalue weighted by molar-refractivity contribution is -0.184. The normalized spacial score (nSPS) is 45.2. The van der Waals surface area contributed by atoms with Gasteiger partial charge in [0.2, 0.25) is 0 Å². The van der Waals surface area contributed by atoms with E-state index in [1.807, 2.05) is 37.3 Å². The second kappa shape index (κ2) is 5.34. The zero-order valence-electron chi connectivity index (χ0n) is 15.7. The van der Waals surface area contributed by atoms with Crippen molar-refractivity contribution in [3.05, 3.63) is 41.5 Å². The Morgan fingerprint density at radius 3 is 2.93 bits per heavy atom. The summed E-state index contributed by atoms with van der Waals surface area (Å²) < 4.78 is 5.33. The number of ether oxygens (including phenoxy) is 1. The van der Waals surface area contributed by atoms with E-state index < -0.39 is 22.6 Å². The number of hydrogen-bond acceptors (Lipinski definition) is 6. The van der Waals surface area contributed by atoms with Crippen molar-refractivity contribution in [2.45, 2.75) is 36.9 Å². The van der Waals surface area contributed by atoms with E-state index in [9.17, 15) is 15.0 Å². The number of hydrogen-bond donors (Lipinski definition) is 3. The third-order valence-electron chi connectivity index (χ3n) is 7.91. The molecule has 1 aromatic carbocycles. The Kier molecular flexibility index (Phi) is 3.41. The van der Waals surface area contributed by atoms with Crippen molar-refractivity contribution in [2.24, 2.45) is 11.3 Å². The van der Waals surface area contributed by atoms with Crippen LogP contribution in [0.2, 0.25) is 0 Å². The maximum atomic E-state index is 13.4. The molecule has 4 bridgehead atoms. The van der Waals surface area contributed by atoms with Crippen LogP contribution in [0.1, 0.15) is 25.3 Å². The third kappa shape index (κ3) is 1.55. The topological polar surface area (TPSA) is 82.0 Å². The Morgan fingerprint density at radius 2 is 2.22 bits per heavy atom. The van der Waals surface area contributed by atoms with Crippen LogP contribution in [0.5, 0.6) is 0 Å². The molecule has 0 aromatic heterocycles. The standard InChI is InChI=1S/C21H26N2O4/c1-3-13-11-23-9-8-20-14-6-4-5-7-16(14)22-21(20,23)17(25)10-15(13)19(20,12-24)18(26)27-2/h3-7,15,17,22,24-25H,8-12H2,1-2H3/b13-3-/t15-,17+,19?,20-,21-/m0/s1. The summed E-state index contributed by atoms with van der Waals surface area (Å²) in [7, 11) is 1.40. The van der Waals surface area contributed by atoms with E-state index in [1.54, 1.807) is 0 Å². The van der Waals surface area contributed by atoms with Crippen molar-refractivity contribution < 1.29 is 19.7 Å². The number of allylic oxidation sites excluding steroid dienone is 1. The number of carbonyl (C=O) groups excluding carboxylic acids is 1. The molecule has 4 aliphatic heterocycles. The van der Waals surface area contributed by atoms with Gasteiger partial charge in [0, 0.05) is 24.7 Å². The molecular weight excluding hydrogens is 344 g/mol. The van der Waals surface area contributed by atoms with Gasteiger partial charge in [-0.05, 0) is 31.4 Å². The average Bonchev–Trinajstić information content (AvgIpc) is 3.11. The van der Waals surface area contributed by atoms with Gasteiger partial charge in [-0.2, -0.15) is 0 Å². The van der Waals surface area contributed by atoms with Crippen LogP contribution in [0.15, 0.2) is 35.9 Å². The molecule has 2 unspecified atom stereocenters. The quantitative estimate of drug-likeness (QED) is 0.537. The average molecular weight is 370 g/mol. The number of fused-ring (bicyclic) bond motifs is 3. The van der Waals surface area contributed by atoms with Crippen LogP contribution in [0.4, 0.5) is 5.69 Å². The van der Waals surface area contributed by atoms with Crippen LogP contribution in [0, 0.1) is 11.3 Å². The number of nitrogens with one attached hydrogen (secondary N) is 1. The van der Waals surface area contributed by atoms with Gasteiger partial charge >= 0.3 is 5.97 Å². The summed E-state index contributed by atoms with van der Waals surface area (Å²) in [6.45, 7) is 3.10. The van der Waals surface area contributed by atoms with Crippen LogP contribution >= 0.6 is 0 Å². The number of aliphatic hydroxyl groups is 2. The highest BCUT2D eigenvalue weighted by Crippen LogP contribution is 2.72. The molecule has 1 saturated carbocycles. The lowest BCUT2D eigenvalue weighted by Crippen LogP contribution is -2.75. The zero-order chi connectivity index (χ0) is 19.0. The van der Waals surface area contributed by atoms with Crippen molar-refractivity contribution in [1.82, 2.24) is 4.90 Å². The highest BCUT2D eigenvalue weighted by molar-refractivity contribution is 5.85. The maximum Gasteiger partial charge on any atom is 0.315 e. The van der Waals surface area contributed by atoms with Crippen molar-refractivity contribution in [1.29, 1.82) is 0 Å². The summed E-state index contributed by atoms with van der Waals surface area (Å²) in [5.74, 6) is -0.644. The number of aliphatic hydroxyl groups excluding tert-OH is 2.